The Morgan fingerprint density at radius 2 is 1.52 bits per heavy atom. The predicted molar refractivity (Wildman–Crippen MR) is 87.3 cm³/mol. The Morgan fingerprint density at radius 1 is 0.926 bits per heavy atom. The molecule has 0 heterocycles. The molecule has 1 aliphatic rings. The highest BCUT2D eigenvalue weighted by atomic mass is 32.2. The Morgan fingerprint density at radius 3 is 2.04 bits per heavy atom. The number of carbonyl (C=O) groups excluding carboxylic acids is 2. The van der Waals surface area contributed by atoms with Crippen LogP contribution in [0.4, 0.5) is 17.1 Å². The monoisotopic (exact) mass is 393 g/mol. The molecule has 0 fully saturated rings. The maximum Gasteiger partial charge on any atom is 0.296 e. The SMILES string of the molecule is Nc1c(S(=O)(=O)O)cc([N+](=O)[O-])c2c1C(=O)c1cccc([N+](=O)[O-])c1C2=O. The maximum atomic E-state index is 12.8. The first-order valence-electron chi connectivity index (χ1n) is 6.92. The molecule has 0 radical (unpaired) electrons. The average Bonchev–Trinajstić information content (AvgIpc) is 2.57. The molecule has 1 aliphatic carbocycles. The molecule has 27 heavy (non-hydrogen) atoms. The number of fused-ring (bicyclic) bond motifs is 2. The van der Waals surface area contributed by atoms with Crippen LogP contribution < -0.4 is 5.73 Å². The van der Waals surface area contributed by atoms with Gasteiger partial charge in [-0.3, -0.25) is 34.4 Å². The number of nitrogens with zero attached hydrogens (tertiary/aromatic N) is 2. The number of nitrogens with two attached hydrogens (primary N) is 1. The number of hydrogen-bond acceptors (Lipinski definition) is 9. The number of rotatable bonds is 3. The lowest BCUT2D eigenvalue weighted by Gasteiger charge is -2.19. The summed E-state index contributed by atoms with van der Waals surface area (Å²) in [5, 5.41) is 22.5. The molecule has 0 spiro atoms. The fourth-order valence-electron chi connectivity index (χ4n) is 2.86. The highest BCUT2D eigenvalue weighted by Crippen LogP contribution is 2.41. The van der Waals surface area contributed by atoms with Gasteiger partial charge in [-0.2, -0.15) is 8.42 Å². The largest absolute Gasteiger partial charge is 0.397 e. The van der Waals surface area contributed by atoms with Gasteiger partial charge < -0.3 is 5.73 Å². The van der Waals surface area contributed by atoms with E-state index in [1.807, 2.05) is 0 Å². The van der Waals surface area contributed by atoms with Crippen LogP contribution in [-0.2, 0) is 10.1 Å². The minimum absolute atomic E-state index is 0.328. The number of nitrogen functional groups attached to an aromatic ring is 1. The molecule has 2 aromatic rings. The number of anilines is 1. The van der Waals surface area contributed by atoms with Crippen LogP contribution in [0.15, 0.2) is 29.2 Å². The molecule has 3 N–H and O–H groups in total. The highest BCUT2D eigenvalue weighted by molar-refractivity contribution is 7.86. The van der Waals surface area contributed by atoms with Gasteiger partial charge in [0.1, 0.15) is 16.0 Å². The minimum Gasteiger partial charge on any atom is -0.397 e. The van der Waals surface area contributed by atoms with Gasteiger partial charge in [-0.15, -0.1) is 0 Å². The lowest BCUT2D eigenvalue weighted by Crippen LogP contribution is -2.26. The van der Waals surface area contributed by atoms with Crippen molar-refractivity contribution in [2.45, 2.75) is 4.90 Å². The summed E-state index contributed by atoms with van der Waals surface area (Å²) < 4.78 is 32.1. The highest BCUT2D eigenvalue weighted by Gasteiger charge is 2.43. The van der Waals surface area contributed by atoms with E-state index in [0.717, 1.165) is 18.2 Å². The molecule has 0 saturated carbocycles. The van der Waals surface area contributed by atoms with Crippen LogP contribution in [0.25, 0.3) is 0 Å². The summed E-state index contributed by atoms with van der Waals surface area (Å²) in [5.41, 5.74) is 0.0377. The van der Waals surface area contributed by atoms with Crippen molar-refractivity contribution >= 4 is 38.7 Å². The molecule has 0 atom stereocenters. The van der Waals surface area contributed by atoms with Crippen molar-refractivity contribution < 1.29 is 32.4 Å². The summed E-state index contributed by atoms with van der Waals surface area (Å²) in [7, 11) is -5.06. The molecule has 0 bridgehead atoms. The van der Waals surface area contributed by atoms with Crippen molar-refractivity contribution in [3.8, 4) is 0 Å². The van der Waals surface area contributed by atoms with Crippen molar-refractivity contribution in [2.24, 2.45) is 0 Å². The van der Waals surface area contributed by atoms with Gasteiger partial charge >= 0.3 is 0 Å². The Labute approximate surface area is 149 Å². The Hall–Kier alpha value is -3.71. The first-order valence-corrected chi connectivity index (χ1v) is 8.36. The number of ketones is 2. The number of hydrogen-bond donors (Lipinski definition) is 2. The van der Waals surface area contributed by atoms with Crippen molar-refractivity contribution in [3.63, 3.8) is 0 Å². The van der Waals surface area contributed by atoms with Crippen LogP contribution in [0.3, 0.4) is 0 Å². The maximum absolute atomic E-state index is 12.8. The second-order valence-corrected chi connectivity index (χ2v) is 6.79. The summed E-state index contributed by atoms with van der Waals surface area (Å²) in [5.74, 6) is -2.35. The molecule has 0 unspecified atom stereocenters. The van der Waals surface area contributed by atoms with E-state index < -0.39 is 75.7 Å². The molecule has 0 aliphatic heterocycles. The van der Waals surface area contributed by atoms with Gasteiger partial charge in [0.2, 0.25) is 5.78 Å². The Balaban J connectivity index is 2.52. The van der Waals surface area contributed by atoms with Crippen molar-refractivity contribution in [2.75, 3.05) is 5.73 Å². The van der Waals surface area contributed by atoms with Gasteiger partial charge in [0, 0.05) is 17.7 Å². The van der Waals surface area contributed by atoms with Gasteiger partial charge in [0.25, 0.3) is 21.5 Å². The summed E-state index contributed by atoms with van der Waals surface area (Å²) >= 11 is 0. The topological polar surface area (TPSA) is 201 Å². The first-order chi connectivity index (χ1) is 12.5. The van der Waals surface area contributed by atoms with Crippen LogP contribution in [0.5, 0.6) is 0 Å². The standard InChI is InChI=1S/C14H7N3O9S/c15-12-8(27(24,25)26)4-7(17(22)23)10-11(12)13(18)5-2-1-3-6(16(20)21)9(5)14(10)19/h1-4H,15H2,(H,24,25,26). The van der Waals surface area contributed by atoms with Gasteiger partial charge in [-0.1, -0.05) is 6.07 Å². The fraction of sp³-hybridized carbons (Fsp3) is 0. The normalized spacial score (nSPS) is 13.1. The summed E-state index contributed by atoms with van der Waals surface area (Å²) in [6.45, 7) is 0. The molecule has 0 saturated heterocycles. The van der Waals surface area contributed by atoms with E-state index in [0.29, 0.717) is 6.07 Å². The van der Waals surface area contributed by atoms with E-state index >= 15 is 0 Å². The molecule has 12 nitrogen and oxygen atoms in total. The third-order valence-electron chi connectivity index (χ3n) is 3.95. The summed E-state index contributed by atoms with van der Waals surface area (Å²) in [4.78, 5) is 44.8. The quantitative estimate of drug-likeness (QED) is 0.281. The summed E-state index contributed by atoms with van der Waals surface area (Å²) in [6.07, 6.45) is 0. The zero-order valence-electron chi connectivity index (χ0n) is 12.9. The van der Waals surface area contributed by atoms with E-state index in [2.05, 4.69) is 0 Å². The number of carbonyl (C=O) groups is 2. The lowest BCUT2D eigenvalue weighted by molar-refractivity contribution is -0.385. The van der Waals surface area contributed by atoms with Crippen molar-refractivity contribution in [1.82, 2.24) is 0 Å². The van der Waals surface area contributed by atoms with Gasteiger partial charge in [0.05, 0.1) is 21.1 Å². The van der Waals surface area contributed by atoms with Gasteiger partial charge in [-0.25, -0.2) is 0 Å². The molecule has 2 aromatic carbocycles. The van der Waals surface area contributed by atoms with Crippen LogP contribution in [0, 0.1) is 20.2 Å². The van der Waals surface area contributed by atoms with E-state index in [-0.39, 0.29) is 0 Å². The molecule has 138 valence electrons. The zero-order valence-corrected chi connectivity index (χ0v) is 13.7. The third kappa shape index (κ3) is 2.52. The smallest absolute Gasteiger partial charge is 0.296 e. The number of nitro groups is 2. The fourth-order valence-corrected chi connectivity index (χ4v) is 3.50. The predicted octanol–water partition coefficient (Wildman–Crippen LogP) is 1.11. The van der Waals surface area contributed by atoms with E-state index in [1.54, 1.807) is 0 Å². The van der Waals surface area contributed by atoms with E-state index in [9.17, 15) is 42.8 Å². The average molecular weight is 393 g/mol. The van der Waals surface area contributed by atoms with Crippen molar-refractivity contribution in [1.29, 1.82) is 0 Å². The Bertz CT molecular complexity index is 1200. The number of nitro benzene ring substituents is 2. The van der Waals surface area contributed by atoms with E-state index in [1.165, 1.54) is 0 Å². The second kappa shape index (κ2) is 5.65. The van der Waals surface area contributed by atoms with Crippen LogP contribution in [0.2, 0.25) is 0 Å². The lowest BCUT2D eigenvalue weighted by atomic mass is 9.81. The van der Waals surface area contributed by atoms with E-state index in [4.69, 9.17) is 5.73 Å². The molecular weight excluding hydrogens is 386 g/mol. The van der Waals surface area contributed by atoms with Crippen LogP contribution >= 0.6 is 0 Å². The third-order valence-corrected chi connectivity index (χ3v) is 4.84. The second-order valence-electron chi connectivity index (χ2n) is 5.40. The molecule has 0 amide bonds. The van der Waals surface area contributed by atoms with Crippen molar-refractivity contribution in [3.05, 3.63) is 66.7 Å². The minimum atomic E-state index is -5.06. The Kier molecular flexibility index (Phi) is 3.79. The van der Waals surface area contributed by atoms with Gasteiger partial charge in [0.15, 0.2) is 5.78 Å². The zero-order chi connectivity index (χ0) is 20.3. The van der Waals surface area contributed by atoms with Crippen LogP contribution in [-0.4, -0.2) is 34.4 Å². The summed E-state index contributed by atoms with van der Waals surface area (Å²) in [6, 6.07) is 3.45. The molecule has 0 aromatic heterocycles. The first kappa shape index (κ1) is 18.1. The molecule has 13 heteroatoms. The van der Waals surface area contributed by atoms with Crippen LogP contribution in [0.1, 0.15) is 31.8 Å². The van der Waals surface area contributed by atoms with Gasteiger partial charge in [-0.05, 0) is 6.07 Å². The molecular formula is C14H7N3O9S. The molecule has 3 rings (SSSR count). The number of benzene rings is 2.